The fourth-order valence-electron chi connectivity index (χ4n) is 2.39. The average Bonchev–Trinajstić information content (AvgIpc) is 2.97. The molecule has 0 saturated heterocycles. The van der Waals surface area contributed by atoms with Gasteiger partial charge in [-0.3, -0.25) is 5.10 Å². The molecule has 0 bridgehead atoms. The molecule has 5 nitrogen and oxygen atoms in total. The van der Waals surface area contributed by atoms with Crippen LogP contribution >= 0.6 is 0 Å². The molecule has 0 aromatic carbocycles. The zero-order valence-electron chi connectivity index (χ0n) is 10.7. The Morgan fingerprint density at radius 2 is 2.17 bits per heavy atom. The number of aryl methyl sites for hydroxylation is 2. The largest absolute Gasteiger partial charge is 0.364 e. The third-order valence-electron chi connectivity index (χ3n) is 3.65. The number of hydrogen-bond acceptors (Lipinski definition) is 4. The molecule has 18 heavy (non-hydrogen) atoms. The lowest BCUT2D eigenvalue weighted by atomic mass is 10.2. The highest BCUT2D eigenvalue weighted by atomic mass is 15.1. The van der Waals surface area contributed by atoms with E-state index in [0.717, 1.165) is 30.0 Å². The number of nitrogens with zero attached hydrogens (tertiary/aromatic N) is 3. The maximum Gasteiger partial charge on any atom is 0.133 e. The summed E-state index contributed by atoms with van der Waals surface area (Å²) in [5.74, 6) is 0.970. The molecule has 0 aliphatic heterocycles. The van der Waals surface area contributed by atoms with Gasteiger partial charge in [-0.25, -0.2) is 9.97 Å². The van der Waals surface area contributed by atoms with E-state index in [2.05, 4.69) is 32.4 Å². The van der Waals surface area contributed by atoms with E-state index in [1.54, 1.807) is 6.33 Å². The van der Waals surface area contributed by atoms with Crippen molar-refractivity contribution in [3.05, 3.63) is 34.5 Å². The van der Waals surface area contributed by atoms with Crippen LogP contribution in [0, 0.1) is 13.8 Å². The number of H-pyrrole nitrogens is 1. The first-order valence-corrected chi connectivity index (χ1v) is 6.33. The zero-order valence-corrected chi connectivity index (χ0v) is 10.7. The van der Waals surface area contributed by atoms with Crippen LogP contribution in [0.3, 0.4) is 0 Å². The average molecular weight is 243 g/mol. The third-order valence-corrected chi connectivity index (χ3v) is 3.65. The first-order valence-electron chi connectivity index (χ1n) is 6.33. The van der Waals surface area contributed by atoms with E-state index in [0.29, 0.717) is 6.54 Å². The summed E-state index contributed by atoms with van der Waals surface area (Å²) < 4.78 is 0. The summed E-state index contributed by atoms with van der Waals surface area (Å²) in [5, 5.41) is 10.7. The van der Waals surface area contributed by atoms with Crippen molar-refractivity contribution < 1.29 is 0 Å². The highest BCUT2D eigenvalue weighted by Crippen LogP contribution is 2.25. The predicted octanol–water partition coefficient (Wildman–Crippen LogP) is 1.92. The van der Waals surface area contributed by atoms with Crippen LogP contribution in [0.1, 0.15) is 34.6 Å². The van der Waals surface area contributed by atoms with Crippen LogP contribution in [-0.2, 0) is 19.4 Å². The van der Waals surface area contributed by atoms with Gasteiger partial charge >= 0.3 is 0 Å². The smallest absolute Gasteiger partial charge is 0.133 e. The number of aromatic amines is 1. The lowest BCUT2D eigenvalue weighted by molar-refractivity contribution is 0.899. The van der Waals surface area contributed by atoms with Crippen molar-refractivity contribution in [3.8, 4) is 0 Å². The van der Waals surface area contributed by atoms with Crippen molar-refractivity contribution in [2.24, 2.45) is 0 Å². The van der Waals surface area contributed by atoms with Crippen LogP contribution in [0.25, 0.3) is 0 Å². The van der Waals surface area contributed by atoms with Gasteiger partial charge in [0.2, 0.25) is 0 Å². The molecule has 2 aromatic rings. The topological polar surface area (TPSA) is 66.5 Å². The van der Waals surface area contributed by atoms with Gasteiger partial charge in [-0.15, -0.1) is 0 Å². The van der Waals surface area contributed by atoms with Crippen LogP contribution in [0.5, 0.6) is 0 Å². The van der Waals surface area contributed by atoms with E-state index in [1.807, 2.05) is 6.92 Å². The van der Waals surface area contributed by atoms with E-state index in [9.17, 15) is 0 Å². The van der Waals surface area contributed by atoms with Crippen LogP contribution in [0.4, 0.5) is 5.82 Å². The van der Waals surface area contributed by atoms with Crippen LogP contribution in [0.2, 0.25) is 0 Å². The summed E-state index contributed by atoms with van der Waals surface area (Å²) in [6.07, 6.45) is 4.99. The highest BCUT2D eigenvalue weighted by Gasteiger charge is 2.17. The maximum atomic E-state index is 4.34. The molecule has 1 aliphatic rings. The van der Waals surface area contributed by atoms with Crippen LogP contribution in [0.15, 0.2) is 6.33 Å². The van der Waals surface area contributed by atoms with Gasteiger partial charge in [0, 0.05) is 17.0 Å². The van der Waals surface area contributed by atoms with Crippen molar-refractivity contribution in [2.75, 3.05) is 5.32 Å². The lowest BCUT2D eigenvalue weighted by Crippen LogP contribution is -2.06. The molecule has 2 N–H and O–H groups in total. The molecule has 0 spiro atoms. The van der Waals surface area contributed by atoms with Gasteiger partial charge in [-0.2, -0.15) is 5.10 Å². The zero-order chi connectivity index (χ0) is 12.5. The fourth-order valence-corrected chi connectivity index (χ4v) is 2.39. The third kappa shape index (κ3) is 1.85. The number of nitrogens with one attached hydrogen (secondary N) is 2. The van der Waals surface area contributed by atoms with Gasteiger partial charge in [0.25, 0.3) is 0 Å². The summed E-state index contributed by atoms with van der Waals surface area (Å²) in [6.45, 7) is 4.83. The normalized spacial score (nSPS) is 13.7. The van der Waals surface area contributed by atoms with Gasteiger partial charge in [-0.1, -0.05) is 0 Å². The molecule has 0 fully saturated rings. The molecule has 2 aromatic heterocycles. The minimum atomic E-state index is 0.708. The van der Waals surface area contributed by atoms with Crippen molar-refractivity contribution in [3.63, 3.8) is 0 Å². The highest BCUT2D eigenvalue weighted by molar-refractivity contribution is 5.48. The maximum absolute atomic E-state index is 4.34. The molecule has 2 heterocycles. The Bertz CT molecular complexity index is 573. The molecule has 3 rings (SSSR count). The van der Waals surface area contributed by atoms with Gasteiger partial charge in [0.05, 0.1) is 12.2 Å². The first-order chi connectivity index (χ1) is 8.75. The Kier molecular flexibility index (Phi) is 2.74. The summed E-state index contributed by atoms with van der Waals surface area (Å²) in [6, 6.07) is 0. The minimum Gasteiger partial charge on any atom is -0.364 e. The van der Waals surface area contributed by atoms with E-state index in [-0.39, 0.29) is 0 Å². The van der Waals surface area contributed by atoms with Crippen LogP contribution in [-0.4, -0.2) is 20.2 Å². The van der Waals surface area contributed by atoms with Crippen molar-refractivity contribution in [1.82, 2.24) is 20.2 Å². The molecule has 1 aliphatic carbocycles. The predicted molar refractivity (Wildman–Crippen MR) is 69.4 cm³/mol. The molecule has 0 amide bonds. The van der Waals surface area contributed by atoms with E-state index < -0.39 is 0 Å². The molecule has 0 saturated carbocycles. The molecule has 5 heteroatoms. The SMILES string of the molecule is Cc1[nH]nc(CNc2ncnc3c2CCC3)c1C. The van der Waals surface area contributed by atoms with Crippen molar-refractivity contribution in [1.29, 1.82) is 0 Å². The Balaban J connectivity index is 1.78. The number of anilines is 1. The second kappa shape index (κ2) is 4.40. The van der Waals surface area contributed by atoms with Crippen molar-refractivity contribution in [2.45, 2.75) is 39.7 Å². The fraction of sp³-hybridized carbons (Fsp3) is 0.462. The number of rotatable bonds is 3. The van der Waals surface area contributed by atoms with Gasteiger partial charge in [0.1, 0.15) is 12.1 Å². The molecule has 0 atom stereocenters. The summed E-state index contributed by atoms with van der Waals surface area (Å²) >= 11 is 0. The standard InChI is InChI=1S/C13H17N5/c1-8-9(2)17-18-12(8)6-14-13-10-4-3-5-11(10)15-7-16-13/h7H,3-6H2,1-2H3,(H,17,18)(H,14,15,16). The number of fused-ring (bicyclic) bond motifs is 1. The van der Waals surface area contributed by atoms with Crippen molar-refractivity contribution >= 4 is 5.82 Å². The van der Waals surface area contributed by atoms with Gasteiger partial charge in [0.15, 0.2) is 0 Å². The lowest BCUT2D eigenvalue weighted by Gasteiger charge is -2.08. The minimum absolute atomic E-state index is 0.708. The monoisotopic (exact) mass is 243 g/mol. The van der Waals surface area contributed by atoms with E-state index in [4.69, 9.17) is 0 Å². The number of hydrogen-bond donors (Lipinski definition) is 2. The van der Waals surface area contributed by atoms with Gasteiger partial charge < -0.3 is 5.32 Å². The summed E-state index contributed by atoms with van der Waals surface area (Å²) in [4.78, 5) is 8.67. The molecular formula is C13H17N5. The van der Waals surface area contributed by atoms with E-state index >= 15 is 0 Å². The first kappa shape index (κ1) is 11.2. The number of aromatic nitrogens is 4. The van der Waals surface area contributed by atoms with Gasteiger partial charge in [-0.05, 0) is 38.7 Å². The quantitative estimate of drug-likeness (QED) is 0.864. The Labute approximate surface area is 106 Å². The second-order valence-corrected chi connectivity index (χ2v) is 4.77. The Morgan fingerprint density at radius 1 is 1.28 bits per heavy atom. The Morgan fingerprint density at radius 3 is 2.94 bits per heavy atom. The van der Waals surface area contributed by atoms with E-state index in [1.165, 1.54) is 23.2 Å². The molecular weight excluding hydrogens is 226 g/mol. The molecule has 94 valence electrons. The summed E-state index contributed by atoms with van der Waals surface area (Å²) in [7, 11) is 0. The Hall–Kier alpha value is -1.91. The molecule has 0 unspecified atom stereocenters. The molecule has 0 radical (unpaired) electrons. The van der Waals surface area contributed by atoms with Crippen LogP contribution < -0.4 is 5.32 Å². The second-order valence-electron chi connectivity index (χ2n) is 4.77. The summed E-state index contributed by atoms with van der Waals surface area (Å²) in [5.41, 5.74) is 5.87.